The monoisotopic (exact) mass is 566 g/mol. The van der Waals surface area contributed by atoms with Crippen molar-refractivity contribution in [3.63, 3.8) is 0 Å². The third-order valence-corrected chi connectivity index (χ3v) is 7.29. The van der Waals surface area contributed by atoms with Gasteiger partial charge < -0.3 is 10.6 Å². The smallest absolute Gasteiger partial charge is 0.383 e. The minimum absolute atomic E-state index is 0.0629. The Morgan fingerprint density at radius 2 is 1.88 bits per heavy atom. The van der Waals surface area contributed by atoms with E-state index in [0.29, 0.717) is 45.6 Å². The van der Waals surface area contributed by atoms with Gasteiger partial charge in [0, 0.05) is 35.1 Å². The molecule has 0 radical (unpaired) electrons. The fraction of sp³-hybridized carbons (Fsp3) is 0.414. The van der Waals surface area contributed by atoms with E-state index in [4.69, 9.17) is 0 Å². The van der Waals surface area contributed by atoms with Crippen LogP contribution in [0.15, 0.2) is 36.7 Å². The Balaban J connectivity index is 1.61. The number of hydrogen-bond donors (Lipinski definition) is 2. The fourth-order valence-corrected chi connectivity index (χ4v) is 4.90. The van der Waals surface area contributed by atoms with Crippen LogP contribution >= 0.6 is 0 Å². The number of aromatic nitrogens is 5. The number of rotatable bonds is 7. The summed E-state index contributed by atoms with van der Waals surface area (Å²) in [4.78, 5) is 8.43. The first-order valence-corrected chi connectivity index (χ1v) is 13.2. The average molecular weight is 567 g/mol. The summed E-state index contributed by atoms with van der Waals surface area (Å²) in [7, 11) is 0. The number of nitriles is 1. The number of alkyl halides is 3. The number of pyridine rings is 2. The molecular weight excluding hydrogens is 536 g/mol. The van der Waals surface area contributed by atoms with Crippen molar-refractivity contribution in [2.45, 2.75) is 65.2 Å². The maximum absolute atomic E-state index is 13.9. The number of halogens is 4. The van der Waals surface area contributed by atoms with Gasteiger partial charge in [-0.1, -0.05) is 32.1 Å². The van der Waals surface area contributed by atoms with Crippen LogP contribution in [0.5, 0.6) is 0 Å². The third kappa shape index (κ3) is 5.40. The molecule has 8 nitrogen and oxygen atoms in total. The van der Waals surface area contributed by atoms with Crippen molar-refractivity contribution in [2.24, 2.45) is 5.41 Å². The number of nitrogens with one attached hydrogen (secondary N) is 2. The standard InChI is InChI=1S/C29H30F4N8/c1-16-10-19(11-21-24(16)35-13-18(12-34)25(21)36-15-27(3,4)5)38-26(20-6-7-23(30)37-17(20)2)22-14-41(40-39-22)28(8-9-28)29(31,32)33/h6-7,10-11,13-14,26,38H,8-9,15H2,1-5H3,(H,35,36)/t26-/m0/s1. The van der Waals surface area contributed by atoms with E-state index in [9.17, 15) is 22.8 Å². The highest BCUT2D eigenvalue weighted by molar-refractivity contribution is 5.97. The lowest BCUT2D eigenvalue weighted by molar-refractivity contribution is -0.182. The Hall–Kier alpha value is -4.27. The molecule has 0 bridgehead atoms. The number of benzene rings is 1. The molecule has 0 saturated heterocycles. The molecule has 0 amide bonds. The second kappa shape index (κ2) is 9.98. The van der Waals surface area contributed by atoms with E-state index in [-0.39, 0.29) is 24.0 Å². The van der Waals surface area contributed by atoms with Gasteiger partial charge in [0.05, 0.1) is 29.0 Å². The molecule has 5 rings (SSSR count). The van der Waals surface area contributed by atoms with Crippen LogP contribution in [0.3, 0.4) is 0 Å². The molecule has 3 aromatic heterocycles. The van der Waals surface area contributed by atoms with Crippen LogP contribution in [-0.2, 0) is 5.54 Å². The molecule has 1 aliphatic carbocycles. The van der Waals surface area contributed by atoms with E-state index < -0.39 is 23.7 Å². The predicted octanol–water partition coefficient (Wildman–Crippen LogP) is 6.56. The summed E-state index contributed by atoms with van der Waals surface area (Å²) in [5.41, 5.74) is 2.14. The normalized spacial score (nSPS) is 15.4. The molecular formula is C29H30F4N8. The van der Waals surface area contributed by atoms with Crippen molar-refractivity contribution in [1.82, 2.24) is 25.0 Å². The highest BCUT2D eigenvalue weighted by Crippen LogP contribution is 2.55. The van der Waals surface area contributed by atoms with Gasteiger partial charge in [-0.2, -0.15) is 22.8 Å². The molecule has 41 heavy (non-hydrogen) atoms. The Bertz CT molecular complexity index is 1660. The van der Waals surface area contributed by atoms with Crippen LogP contribution in [0, 0.1) is 36.5 Å². The minimum Gasteiger partial charge on any atom is -0.383 e. The van der Waals surface area contributed by atoms with E-state index in [0.717, 1.165) is 10.2 Å². The van der Waals surface area contributed by atoms with Crippen molar-refractivity contribution in [1.29, 1.82) is 5.26 Å². The van der Waals surface area contributed by atoms with Gasteiger partial charge in [-0.3, -0.25) is 4.98 Å². The molecule has 12 heteroatoms. The van der Waals surface area contributed by atoms with Gasteiger partial charge in [0.1, 0.15) is 11.8 Å². The summed E-state index contributed by atoms with van der Waals surface area (Å²) < 4.78 is 56.2. The zero-order valence-corrected chi connectivity index (χ0v) is 23.4. The molecule has 0 aliphatic heterocycles. The largest absolute Gasteiger partial charge is 0.413 e. The van der Waals surface area contributed by atoms with Gasteiger partial charge in [0.2, 0.25) is 5.95 Å². The molecule has 1 aliphatic rings. The van der Waals surface area contributed by atoms with Crippen LogP contribution in [0.2, 0.25) is 0 Å². The second-order valence-corrected chi connectivity index (χ2v) is 11.8. The molecule has 4 aromatic rings. The van der Waals surface area contributed by atoms with Crippen LogP contribution in [-0.4, -0.2) is 37.7 Å². The van der Waals surface area contributed by atoms with Gasteiger partial charge >= 0.3 is 6.18 Å². The predicted molar refractivity (Wildman–Crippen MR) is 147 cm³/mol. The molecule has 2 N–H and O–H groups in total. The first kappa shape index (κ1) is 28.3. The van der Waals surface area contributed by atoms with Crippen molar-refractivity contribution in [2.75, 3.05) is 17.2 Å². The number of anilines is 2. The highest BCUT2D eigenvalue weighted by Gasteiger charge is 2.66. The van der Waals surface area contributed by atoms with Gasteiger partial charge in [-0.15, -0.1) is 5.10 Å². The van der Waals surface area contributed by atoms with Crippen molar-refractivity contribution in [3.8, 4) is 6.07 Å². The molecule has 1 fully saturated rings. The molecule has 1 saturated carbocycles. The first-order valence-electron chi connectivity index (χ1n) is 13.2. The summed E-state index contributed by atoms with van der Waals surface area (Å²) in [6, 6.07) is 7.83. The summed E-state index contributed by atoms with van der Waals surface area (Å²) in [6.45, 7) is 10.3. The molecule has 0 unspecified atom stereocenters. The van der Waals surface area contributed by atoms with Gasteiger partial charge in [0.15, 0.2) is 5.54 Å². The van der Waals surface area contributed by atoms with Crippen LogP contribution in [0.1, 0.15) is 67.7 Å². The maximum Gasteiger partial charge on any atom is 0.413 e. The SMILES string of the molecule is Cc1nc(F)ccc1[C@H](Nc1cc(C)c2ncc(C#N)c(NCC(C)(C)C)c2c1)c1cn(C2(C(F)(F)F)CC2)nn1. The lowest BCUT2D eigenvalue weighted by Gasteiger charge is -2.23. The molecule has 214 valence electrons. The summed E-state index contributed by atoms with van der Waals surface area (Å²) in [6.07, 6.45) is -1.78. The van der Waals surface area contributed by atoms with Crippen LogP contribution in [0.25, 0.3) is 10.9 Å². The lowest BCUT2D eigenvalue weighted by atomic mass is 9.96. The maximum atomic E-state index is 13.9. The average Bonchev–Trinajstić information content (AvgIpc) is 3.57. The number of aryl methyl sites for hydroxylation is 2. The highest BCUT2D eigenvalue weighted by atomic mass is 19.4. The third-order valence-electron chi connectivity index (χ3n) is 7.29. The number of nitrogens with zero attached hydrogens (tertiary/aromatic N) is 6. The molecule has 1 atom stereocenters. The molecule has 0 spiro atoms. The van der Waals surface area contributed by atoms with Gasteiger partial charge in [-0.25, -0.2) is 9.67 Å². The lowest BCUT2D eigenvalue weighted by Crippen LogP contribution is -2.35. The molecule has 1 aromatic carbocycles. The van der Waals surface area contributed by atoms with Gasteiger partial charge in [-0.05, 0) is 55.9 Å². The second-order valence-electron chi connectivity index (χ2n) is 11.8. The van der Waals surface area contributed by atoms with E-state index in [1.54, 1.807) is 6.92 Å². The summed E-state index contributed by atoms with van der Waals surface area (Å²) in [5, 5.41) is 25.2. The Labute approximate surface area is 234 Å². The topological polar surface area (TPSA) is 104 Å². The van der Waals surface area contributed by atoms with Gasteiger partial charge in [0.25, 0.3) is 0 Å². The van der Waals surface area contributed by atoms with Crippen LogP contribution in [0.4, 0.5) is 28.9 Å². The van der Waals surface area contributed by atoms with Crippen LogP contribution < -0.4 is 10.6 Å². The molecule has 3 heterocycles. The Morgan fingerprint density at radius 3 is 2.49 bits per heavy atom. The van der Waals surface area contributed by atoms with E-state index in [2.05, 4.69) is 57.8 Å². The van der Waals surface area contributed by atoms with Crippen molar-refractivity contribution >= 4 is 22.3 Å². The van der Waals surface area contributed by atoms with E-state index in [1.807, 2.05) is 19.1 Å². The quantitative estimate of drug-likeness (QED) is 0.193. The zero-order chi connectivity index (χ0) is 29.7. The minimum atomic E-state index is -4.47. The van der Waals surface area contributed by atoms with Crippen molar-refractivity contribution < 1.29 is 17.6 Å². The van der Waals surface area contributed by atoms with Crippen molar-refractivity contribution in [3.05, 3.63) is 70.7 Å². The Morgan fingerprint density at radius 1 is 1.15 bits per heavy atom. The summed E-state index contributed by atoms with van der Waals surface area (Å²) in [5.74, 6) is -0.672. The summed E-state index contributed by atoms with van der Waals surface area (Å²) >= 11 is 0. The van der Waals surface area contributed by atoms with E-state index >= 15 is 0 Å². The zero-order valence-electron chi connectivity index (χ0n) is 23.4. The van der Waals surface area contributed by atoms with E-state index in [1.165, 1.54) is 24.5 Å². The number of hydrogen-bond acceptors (Lipinski definition) is 7. The number of fused-ring (bicyclic) bond motifs is 1. The fourth-order valence-electron chi connectivity index (χ4n) is 4.90. The first-order chi connectivity index (χ1) is 19.2. The Kier molecular flexibility index (Phi) is 6.88.